The van der Waals surface area contributed by atoms with Crippen LogP contribution in [0.4, 0.5) is 27.4 Å². The predicted octanol–water partition coefficient (Wildman–Crippen LogP) is 4.73. The van der Waals surface area contributed by atoms with Crippen molar-refractivity contribution in [2.24, 2.45) is 0 Å². The highest BCUT2D eigenvalue weighted by atomic mass is 35.5. The van der Waals surface area contributed by atoms with Gasteiger partial charge in [-0.05, 0) is 18.2 Å². The van der Waals surface area contributed by atoms with Crippen LogP contribution in [0.3, 0.4) is 0 Å². The van der Waals surface area contributed by atoms with Crippen LogP contribution in [0.15, 0.2) is 42.7 Å². The Kier molecular flexibility index (Phi) is 7.32. The summed E-state index contributed by atoms with van der Waals surface area (Å²) in [5, 5.41) is 8.92. The molecule has 0 bridgehead atoms. The van der Waals surface area contributed by atoms with E-state index in [1.54, 1.807) is 18.2 Å². The van der Waals surface area contributed by atoms with E-state index in [9.17, 15) is 9.18 Å². The number of hydrogen-bond acceptors (Lipinski definition) is 7. The van der Waals surface area contributed by atoms with Gasteiger partial charge in [-0.2, -0.15) is 0 Å². The first kappa shape index (κ1) is 22.4. The van der Waals surface area contributed by atoms with E-state index in [-0.39, 0.29) is 39.9 Å². The third-order valence-corrected chi connectivity index (χ3v) is 4.76. The number of methoxy groups -OCH3 is 2. The highest BCUT2D eigenvalue weighted by Crippen LogP contribution is 2.44. The standard InChI is InChI=1S/C20H18Cl2FN5O3/c1-30-14-7-13(18(21)20(31-2)19(14)22)24-9-17(29)28-16-8-15(25-10-26-16)27-12-5-3-4-11(23)6-12/h3-8,10,24H,9H2,1-2H3,(H2,25,26,27,28,29). The van der Waals surface area contributed by atoms with Crippen LogP contribution in [-0.4, -0.2) is 36.6 Å². The molecule has 3 N–H and O–H groups in total. The van der Waals surface area contributed by atoms with E-state index < -0.39 is 0 Å². The first-order valence-electron chi connectivity index (χ1n) is 8.89. The van der Waals surface area contributed by atoms with Crippen molar-refractivity contribution in [2.45, 2.75) is 0 Å². The molecule has 3 aromatic rings. The maximum absolute atomic E-state index is 13.3. The first-order valence-corrected chi connectivity index (χ1v) is 9.65. The highest BCUT2D eigenvalue weighted by molar-refractivity contribution is 6.39. The van der Waals surface area contributed by atoms with Crippen molar-refractivity contribution in [2.75, 3.05) is 36.7 Å². The summed E-state index contributed by atoms with van der Waals surface area (Å²) in [4.78, 5) is 20.4. The van der Waals surface area contributed by atoms with E-state index in [2.05, 4.69) is 25.9 Å². The molecular weight excluding hydrogens is 448 g/mol. The Morgan fingerprint density at radius 1 is 1.06 bits per heavy atom. The molecule has 0 radical (unpaired) electrons. The smallest absolute Gasteiger partial charge is 0.244 e. The van der Waals surface area contributed by atoms with Crippen LogP contribution >= 0.6 is 23.2 Å². The van der Waals surface area contributed by atoms with E-state index in [1.807, 2.05) is 0 Å². The molecule has 0 atom stereocenters. The quantitative estimate of drug-likeness (QED) is 0.442. The summed E-state index contributed by atoms with van der Waals surface area (Å²) in [6, 6.07) is 8.99. The Balaban J connectivity index is 1.65. The lowest BCUT2D eigenvalue weighted by Gasteiger charge is -2.15. The first-order chi connectivity index (χ1) is 14.9. The summed E-state index contributed by atoms with van der Waals surface area (Å²) in [7, 11) is 2.88. The van der Waals surface area contributed by atoms with Gasteiger partial charge in [0.1, 0.15) is 39.6 Å². The molecular formula is C20H18Cl2FN5O3. The van der Waals surface area contributed by atoms with Crippen molar-refractivity contribution >= 4 is 52.1 Å². The number of carbonyl (C=O) groups excluding carboxylic acids is 1. The molecule has 0 aliphatic carbocycles. The average molecular weight is 466 g/mol. The topological polar surface area (TPSA) is 97.4 Å². The average Bonchev–Trinajstić information content (AvgIpc) is 2.74. The van der Waals surface area contributed by atoms with E-state index in [4.69, 9.17) is 32.7 Å². The summed E-state index contributed by atoms with van der Waals surface area (Å²) in [5.74, 6) is 0.452. The summed E-state index contributed by atoms with van der Waals surface area (Å²) in [6.45, 7) is -0.121. The van der Waals surface area contributed by atoms with Crippen molar-refractivity contribution in [3.8, 4) is 11.5 Å². The molecule has 2 aromatic carbocycles. The van der Waals surface area contributed by atoms with Crippen molar-refractivity contribution in [3.63, 3.8) is 0 Å². The fraction of sp³-hybridized carbons (Fsp3) is 0.150. The van der Waals surface area contributed by atoms with Gasteiger partial charge in [-0.3, -0.25) is 4.79 Å². The Hall–Kier alpha value is -3.30. The van der Waals surface area contributed by atoms with Gasteiger partial charge in [0.25, 0.3) is 0 Å². The van der Waals surface area contributed by atoms with Crippen molar-refractivity contribution in [3.05, 3.63) is 58.6 Å². The van der Waals surface area contributed by atoms with Crippen LogP contribution in [-0.2, 0) is 4.79 Å². The lowest BCUT2D eigenvalue weighted by molar-refractivity contribution is -0.114. The predicted molar refractivity (Wildman–Crippen MR) is 118 cm³/mol. The van der Waals surface area contributed by atoms with Gasteiger partial charge in [-0.15, -0.1) is 0 Å². The highest BCUT2D eigenvalue weighted by Gasteiger charge is 2.17. The van der Waals surface area contributed by atoms with Crippen molar-refractivity contribution in [1.82, 2.24) is 9.97 Å². The summed E-state index contributed by atoms with van der Waals surface area (Å²) in [6.07, 6.45) is 1.27. The van der Waals surface area contributed by atoms with Crippen LogP contribution in [0.1, 0.15) is 0 Å². The van der Waals surface area contributed by atoms with Gasteiger partial charge in [0.2, 0.25) is 5.91 Å². The lowest BCUT2D eigenvalue weighted by atomic mass is 10.2. The molecule has 8 nitrogen and oxygen atoms in total. The second kappa shape index (κ2) is 10.1. The maximum Gasteiger partial charge on any atom is 0.244 e. The molecule has 1 aromatic heterocycles. The zero-order chi connectivity index (χ0) is 22.4. The molecule has 3 rings (SSSR count). The zero-order valence-electron chi connectivity index (χ0n) is 16.5. The lowest BCUT2D eigenvalue weighted by Crippen LogP contribution is -2.22. The minimum Gasteiger partial charge on any atom is -0.495 e. The van der Waals surface area contributed by atoms with Crippen LogP contribution in [0.5, 0.6) is 11.5 Å². The molecule has 0 saturated carbocycles. The third kappa shape index (κ3) is 5.65. The number of amides is 1. The molecule has 162 valence electrons. The van der Waals surface area contributed by atoms with Crippen molar-refractivity contribution < 1.29 is 18.7 Å². The van der Waals surface area contributed by atoms with Gasteiger partial charge in [0.05, 0.1) is 26.5 Å². The van der Waals surface area contributed by atoms with Crippen LogP contribution in [0, 0.1) is 5.82 Å². The van der Waals surface area contributed by atoms with Gasteiger partial charge in [-0.25, -0.2) is 14.4 Å². The number of halogens is 3. The van der Waals surface area contributed by atoms with Crippen LogP contribution in [0.25, 0.3) is 0 Å². The molecule has 0 fully saturated rings. The van der Waals surface area contributed by atoms with Crippen molar-refractivity contribution in [1.29, 1.82) is 0 Å². The number of rotatable bonds is 8. The molecule has 1 amide bonds. The Bertz CT molecular complexity index is 1100. The normalized spacial score (nSPS) is 10.4. The van der Waals surface area contributed by atoms with E-state index in [0.29, 0.717) is 22.9 Å². The Morgan fingerprint density at radius 3 is 2.55 bits per heavy atom. The Labute approximate surface area is 187 Å². The second-order valence-electron chi connectivity index (χ2n) is 6.11. The SMILES string of the molecule is COc1cc(NCC(=O)Nc2cc(Nc3cccc(F)c3)ncn2)c(Cl)c(OC)c1Cl. The van der Waals surface area contributed by atoms with Gasteiger partial charge in [-0.1, -0.05) is 29.3 Å². The minimum absolute atomic E-state index is 0.121. The molecule has 1 heterocycles. The molecule has 0 spiro atoms. The number of aromatic nitrogens is 2. The third-order valence-electron chi connectivity index (χ3n) is 4.02. The second-order valence-corrected chi connectivity index (χ2v) is 6.87. The number of nitrogens with one attached hydrogen (secondary N) is 3. The van der Waals surface area contributed by atoms with E-state index >= 15 is 0 Å². The fourth-order valence-corrected chi connectivity index (χ4v) is 3.26. The van der Waals surface area contributed by atoms with E-state index in [1.165, 1.54) is 38.7 Å². The molecule has 0 aliphatic rings. The number of benzene rings is 2. The largest absolute Gasteiger partial charge is 0.495 e. The molecule has 0 aliphatic heterocycles. The number of hydrogen-bond donors (Lipinski definition) is 3. The monoisotopic (exact) mass is 465 g/mol. The minimum atomic E-state index is -0.389. The number of ether oxygens (including phenoxy) is 2. The molecule has 0 saturated heterocycles. The molecule has 31 heavy (non-hydrogen) atoms. The zero-order valence-corrected chi connectivity index (χ0v) is 18.0. The summed E-state index contributed by atoms with van der Waals surface area (Å²) >= 11 is 12.4. The van der Waals surface area contributed by atoms with Gasteiger partial charge >= 0.3 is 0 Å². The number of carbonyl (C=O) groups is 1. The molecule has 11 heteroatoms. The fourth-order valence-electron chi connectivity index (χ4n) is 2.62. The molecule has 0 unspecified atom stereocenters. The van der Waals surface area contributed by atoms with Gasteiger partial charge in [0.15, 0.2) is 5.75 Å². The maximum atomic E-state index is 13.3. The van der Waals surface area contributed by atoms with Crippen LogP contribution < -0.4 is 25.4 Å². The van der Waals surface area contributed by atoms with Gasteiger partial charge < -0.3 is 25.4 Å². The number of nitrogens with zero attached hydrogens (tertiary/aromatic N) is 2. The van der Waals surface area contributed by atoms with Crippen LogP contribution in [0.2, 0.25) is 10.0 Å². The van der Waals surface area contributed by atoms with E-state index in [0.717, 1.165) is 0 Å². The van der Waals surface area contributed by atoms with Gasteiger partial charge in [0, 0.05) is 17.8 Å². The summed E-state index contributed by atoms with van der Waals surface area (Å²) < 4.78 is 23.7. The Morgan fingerprint density at radius 2 is 1.84 bits per heavy atom. The summed E-state index contributed by atoms with van der Waals surface area (Å²) in [5.41, 5.74) is 0.920. The number of anilines is 4.